The number of methoxy groups -OCH3 is 1. The van der Waals surface area contributed by atoms with Crippen molar-refractivity contribution in [2.24, 2.45) is 0 Å². The highest BCUT2D eigenvalue weighted by Crippen LogP contribution is 2.26. The van der Waals surface area contributed by atoms with E-state index in [1.165, 1.54) is 32.8 Å². The van der Waals surface area contributed by atoms with Gasteiger partial charge in [-0.1, -0.05) is 38.7 Å². The molecule has 0 bridgehead atoms. The molecule has 2 N–H and O–H groups in total. The van der Waals surface area contributed by atoms with E-state index in [4.69, 9.17) is 4.74 Å². The molecule has 26 heavy (non-hydrogen) atoms. The largest absolute Gasteiger partial charge is 0.504 e. The van der Waals surface area contributed by atoms with Gasteiger partial charge >= 0.3 is 0 Å². The summed E-state index contributed by atoms with van der Waals surface area (Å²) in [5, 5.41) is 12.5. The number of phenolic OH excluding ortho intramolecular Hbond substituents is 1. The lowest BCUT2D eigenvalue weighted by atomic mass is 10.1. The standard InChI is InChI=1S/C22H33NO3/c1-3-4-5-6-7-8-9-10-11-12-13-14-22(25)23-18-19-15-16-20(24)21(17-19)26-2/h15-17,24H,3-5,8-14,18H2,1-2H3,(H,23,25). The second-order valence-electron chi connectivity index (χ2n) is 6.51. The van der Waals surface area contributed by atoms with Gasteiger partial charge in [0.15, 0.2) is 11.5 Å². The molecule has 4 heteroatoms. The Morgan fingerprint density at radius 2 is 1.77 bits per heavy atom. The molecule has 0 aromatic heterocycles. The Bertz CT molecular complexity index is 587. The maximum Gasteiger partial charge on any atom is 0.220 e. The fourth-order valence-corrected chi connectivity index (χ4v) is 2.59. The van der Waals surface area contributed by atoms with Gasteiger partial charge in [0.25, 0.3) is 0 Å². The molecule has 0 saturated carbocycles. The minimum atomic E-state index is 0.0684. The van der Waals surface area contributed by atoms with Crippen LogP contribution in [-0.2, 0) is 11.3 Å². The summed E-state index contributed by atoms with van der Waals surface area (Å²) in [6.45, 7) is 2.64. The van der Waals surface area contributed by atoms with Crippen LogP contribution in [0.3, 0.4) is 0 Å². The molecule has 1 rings (SSSR count). The molecule has 1 aromatic rings. The molecule has 0 aliphatic carbocycles. The van der Waals surface area contributed by atoms with Crippen molar-refractivity contribution in [3.8, 4) is 23.3 Å². The topological polar surface area (TPSA) is 58.6 Å². The highest BCUT2D eigenvalue weighted by atomic mass is 16.5. The molecule has 0 unspecified atom stereocenters. The van der Waals surface area contributed by atoms with Crippen molar-refractivity contribution in [1.82, 2.24) is 5.32 Å². The second kappa shape index (κ2) is 14.1. The smallest absolute Gasteiger partial charge is 0.220 e. The first-order chi connectivity index (χ1) is 12.7. The zero-order valence-corrected chi connectivity index (χ0v) is 16.3. The van der Waals surface area contributed by atoms with Crippen LogP contribution >= 0.6 is 0 Å². The van der Waals surface area contributed by atoms with Crippen molar-refractivity contribution in [2.75, 3.05) is 7.11 Å². The average molecular weight is 360 g/mol. The first kappa shape index (κ1) is 21.9. The number of amides is 1. The van der Waals surface area contributed by atoms with Gasteiger partial charge in [-0.15, -0.1) is 11.8 Å². The third-order valence-corrected chi connectivity index (χ3v) is 4.22. The van der Waals surface area contributed by atoms with Crippen LogP contribution in [0.2, 0.25) is 0 Å². The van der Waals surface area contributed by atoms with E-state index in [9.17, 15) is 9.90 Å². The zero-order valence-electron chi connectivity index (χ0n) is 16.3. The Morgan fingerprint density at radius 1 is 1.08 bits per heavy atom. The summed E-state index contributed by atoms with van der Waals surface area (Å²) in [4.78, 5) is 11.9. The maximum absolute atomic E-state index is 11.9. The molecule has 0 saturated heterocycles. The van der Waals surface area contributed by atoms with E-state index >= 15 is 0 Å². The van der Waals surface area contributed by atoms with Crippen molar-refractivity contribution in [3.63, 3.8) is 0 Å². The Morgan fingerprint density at radius 3 is 2.50 bits per heavy atom. The zero-order chi connectivity index (χ0) is 19.0. The number of benzene rings is 1. The van der Waals surface area contributed by atoms with Gasteiger partial charge in [-0.2, -0.15) is 0 Å². The molecular weight excluding hydrogens is 326 g/mol. The van der Waals surface area contributed by atoms with Gasteiger partial charge in [0, 0.05) is 25.8 Å². The van der Waals surface area contributed by atoms with Crippen LogP contribution < -0.4 is 10.1 Å². The van der Waals surface area contributed by atoms with Gasteiger partial charge in [-0.05, 0) is 37.0 Å². The number of unbranched alkanes of at least 4 members (excludes halogenated alkanes) is 7. The predicted octanol–water partition coefficient (Wildman–Crippen LogP) is 4.94. The quantitative estimate of drug-likeness (QED) is 0.410. The van der Waals surface area contributed by atoms with Crippen molar-refractivity contribution in [2.45, 2.75) is 77.7 Å². The number of aromatic hydroxyl groups is 1. The minimum absolute atomic E-state index is 0.0684. The number of rotatable bonds is 12. The van der Waals surface area contributed by atoms with E-state index in [1.807, 2.05) is 0 Å². The number of ether oxygens (including phenoxy) is 1. The average Bonchev–Trinajstić information content (AvgIpc) is 2.65. The van der Waals surface area contributed by atoms with Gasteiger partial charge in [-0.3, -0.25) is 4.79 Å². The molecule has 144 valence electrons. The number of nitrogens with one attached hydrogen (secondary N) is 1. The lowest BCUT2D eigenvalue weighted by molar-refractivity contribution is -0.121. The van der Waals surface area contributed by atoms with Crippen molar-refractivity contribution in [1.29, 1.82) is 0 Å². The van der Waals surface area contributed by atoms with E-state index in [1.54, 1.807) is 18.2 Å². The summed E-state index contributed by atoms with van der Waals surface area (Å²) in [5.74, 6) is 7.05. The number of hydrogen-bond donors (Lipinski definition) is 2. The van der Waals surface area contributed by atoms with Crippen LogP contribution in [0.4, 0.5) is 0 Å². The van der Waals surface area contributed by atoms with Crippen LogP contribution in [0.15, 0.2) is 18.2 Å². The maximum atomic E-state index is 11.9. The van der Waals surface area contributed by atoms with Crippen LogP contribution in [0.5, 0.6) is 11.5 Å². The lowest BCUT2D eigenvalue weighted by Gasteiger charge is -2.08. The van der Waals surface area contributed by atoms with Gasteiger partial charge in [0.05, 0.1) is 7.11 Å². The van der Waals surface area contributed by atoms with Gasteiger partial charge < -0.3 is 15.2 Å². The molecule has 4 nitrogen and oxygen atoms in total. The van der Waals surface area contributed by atoms with E-state index in [-0.39, 0.29) is 11.7 Å². The van der Waals surface area contributed by atoms with Gasteiger partial charge in [0.1, 0.15) is 0 Å². The van der Waals surface area contributed by atoms with E-state index < -0.39 is 0 Å². The third kappa shape index (κ3) is 9.98. The molecule has 0 spiro atoms. The summed E-state index contributed by atoms with van der Waals surface area (Å²) in [6, 6.07) is 5.10. The summed E-state index contributed by atoms with van der Waals surface area (Å²) in [7, 11) is 1.51. The fraction of sp³-hybridized carbons (Fsp3) is 0.591. The summed E-state index contributed by atoms with van der Waals surface area (Å²) in [5.41, 5.74) is 0.910. The van der Waals surface area contributed by atoms with Crippen LogP contribution in [0.1, 0.15) is 76.7 Å². The molecule has 1 amide bonds. The number of hydrogen-bond acceptors (Lipinski definition) is 3. The van der Waals surface area contributed by atoms with E-state index in [2.05, 4.69) is 24.1 Å². The molecule has 0 heterocycles. The Balaban J connectivity index is 2.04. The van der Waals surface area contributed by atoms with E-state index in [0.29, 0.717) is 18.7 Å². The van der Waals surface area contributed by atoms with Crippen molar-refractivity contribution in [3.05, 3.63) is 23.8 Å². The Labute approximate surface area is 158 Å². The van der Waals surface area contributed by atoms with Crippen LogP contribution in [-0.4, -0.2) is 18.1 Å². The highest BCUT2D eigenvalue weighted by molar-refractivity contribution is 5.75. The normalized spacial score (nSPS) is 10.1. The fourth-order valence-electron chi connectivity index (χ4n) is 2.59. The first-order valence-electron chi connectivity index (χ1n) is 9.75. The number of carbonyl (C=O) groups excluding carboxylic acids is 1. The molecule has 1 aromatic carbocycles. The van der Waals surface area contributed by atoms with Crippen LogP contribution in [0.25, 0.3) is 0 Å². The van der Waals surface area contributed by atoms with Gasteiger partial charge in [-0.25, -0.2) is 0 Å². The molecule has 0 fully saturated rings. The van der Waals surface area contributed by atoms with E-state index in [0.717, 1.165) is 37.7 Å². The minimum Gasteiger partial charge on any atom is -0.504 e. The highest BCUT2D eigenvalue weighted by Gasteiger charge is 2.05. The predicted molar refractivity (Wildman–Crippen MR) is 106 cm³/mol. The second-order valence-corrected chi connectivity index (χ2v) is 6.51. The lowest BCUT2D eigenvalue weighted by Crippen LogP contribution is -2.22. The van der Waals surface area contributed by atoms with Crippen molar-refractivity contribution >= 4 is 5.91 Å². The first-order valence-corrected chi connectivity index (χ1v) is 9.75. The van der Waals surface area contributed by atoms with Crippen molar-refractivity contribution < 1.29 is 14.6 Å². The number of phenols is 1. The molecular formula is C22H33NO3. The SMILES string of the molecule is CCCCC#CCCCCCCCC(=O)NCc1ccc(O)c(OC)c1. The summed E-state index contributed by atoms with van der Waals surface area (Å²) in [6.07, 6.45) is 10.5. The molecule has 0 radical (unpaired) electrons. The Hall–Kier alpha value is -2.15. The molecule has 0 aliphatic rings. The third-order valence-electron chi connectivity index (χ3n) is 4.22. The molecule has 0 atom stereocenters. The Kier molecular flexibility index (Phi) is 11.8. The van der Waals surface area contributed by atoms with Crippen LogP contribution in [0, 0.1) is 11.8 Å². The van der Waals surface area contributed by atoms with Gasteiger partial charge in [0.2, 0.25) is 5.91 Å². The monoisotopic (exact) mass is 359 g/mol. The molecule has 0 aliphatic heterocycles. The summed E-state index contributed by atoms with van der Waals surface area (Å²) < 4.78 is 5.07. The summed E-state index contributed by atoms with van der Waals surface area (Å²) >= 11 is 0. The number of carbonyl (C=O) groups is 1.